The Morgan fingerprint density at radius 3 is 2.39 bits per heavy atom. The van der Waals surface area contributed by atoms with Crippen LogP contribution in [-0.2, 0) is 16.0 Å². The molecule has 0 saturated carbocycles. The Bertz CT molecular complexity index is 911. The van der Waals surface area contributed by atoms with Crippen molar-refractivity contribution in [3.05, 3.63) is 90.1 Å². The lowest BCUT2D eigenvalue weighted by atomic mass is 9.97. The molecule has 0 fully saturated rings. The summed E-state index contributed by atoms with van der Waals surface area (Å²) in [5.74, 6) is -0.985. The molecule has 0 radical (unpaired) electrons. The van der Waals surface area contributed by atoms with E-state index in [1.165, 1.54) is 7.11 Å². The number of rotatable bonds is 12. The van der Waals surface area contributed by atoms with Gasteiger partial charge in [0.1, 0.15) is 11.7 Å². The van der Waals surface area contributed by atoms with Crippen molar-refractivity contribution < 1.29 is 14.6 Å². The molecule has 1 heterocycles. The summed E-state index contributed by atoms with van der Waals surface area (Å²) in [6, 6.07) is 23.5. The van der Waals surface area contributed by atoms with Crippen molar-refractivity contribution >= 4 is 17.5 Å². The molecule has 0 aliphatic rings. The summed E-state index contributed by atoms with van der Waals surface area (Å²) in [7, 11) is 1.52. The Morgan fingerprint density at radius 1 is 1.03 bits per heavy atom. The molecule has 0 bridgehead atoms. The molecule has 3 aromatic rings. The van der Waals surface area contributed by atoms with Crippen LogP contribution in [0.2, 0.25) is 0 Å². The predicted octanol–water partition coefficient (Wildman–Crippen LogP) is 3.80. The van der Waals surface area contributed by atoms with Crippen molar-refractivity contribution in [3.8, 4) is 0 Å². The average molecular weight is 451 g/mol. The number of nitrogens with zero attached hydrogens (tertiary/aromatic N) is 1. The fourth-order valence-corrected chi connectivity index (χ4v) is 3.19. The Labute approximate surface area is 196 Å². The molecule has 33 heavy (non-hydrogen) atoms. The number of carboxylic acids is 1. The van der Waals surface area contributed by atoms with Crippen LogP contribution >= 0.6 is 0 Å². The van der Waals surface area contributed by atoms with Gasteiger partial charge in [0.2, 0.25) is 0 Å². The van der Waals surface area contributed by atoms with Gasteiger partial charge in [-0.25, -0.2) is 4.98 Å². The van der Waals surface area contributed by atoms with Crippen LogP contribution in [0, 0.1) is 0 Å². The predicted molar refractivity (Wildman–Crippen MR) is 133 cm³/mol. The van der Waals surface area contributed by atoms with Crippen LogP contribution in [0.5, 0.6) is 0 Å². The third kappa shape index (κ3) is 10.2. The number of ether oxygens (including phenoxy) is 1. The van der Waals surface area contributed by atoms with E-state index < -0.39 is 11.9 Å². The van der Waals surface area contributed by atoms with E-state index in [4.69, 9.17) is 10.5 Å². The van der Waals surface area contributed by atoms with Gasteiger partial charge in [-0.05, 0) is 49.2 Å². The first-order chi connectivity index (χ1) is 16.1. The molecule has 0 saturated heterocycles. The summed E-state index contributed by atoms with van der Waals surface area (Å²) in [5, 5.41) is 16.0. The molecule has 0 amide bonds. The largest absolute Gasteiger partial charge is 0.481 e. The van der Waals surface area contributed by atoms with Crippen LogP contribution in [-0.4, -0.2) is 49.4 Å². The van der Waals surface area contributed by atoms with Crippen molar-refractivity contribution in [2.45, 2.75) is 18.8 Å². The molecule has 7 heteroatoms. The van der Waals surface area contributed by atoms with Crippen LogP contribution in [0.3, 0.4) is 0 Å². The molecule has 1 atom stereocenters. The lowest BCUT2D eigenvalue weighted by Gasteiger charge is -2.13. The Hall–Kier alpha value is -3.42. The standard InChI is InChI=1S/C20H28N4O3.C6H6/c1-27-14-17(20(25)26)16-6-2-5-15(13-16)8-12-22-9-4-11-23-18-7-3-10-24-19(18)21;1-2-4-6-5-3-1/h2-3,5-7,10,13,17,22-23H,4,8-9,11-12,14H2,1H3,(H2,21,24)(H,25,26);1-6H. The molecule has 2 aromatic carbocycles. The number of hydrogen-bond acceptors (Lipinski definition) is 6. The van der Waals surface area contributed by atoms with Crippen molar-refractivity contribution in [2.24, 2.45) is 0 Å². The molecule has 176 valence electrons. The summed E-state index contributed by atoms with van der Waals surface area (Å²) < 4.78 is 5.02. The maximum Gasteiger partial charge on any atom is 0.313 e. The molecule has 7 nitrogen and oxygen atoms in total. The Balaban J connectivity index is 0.000000554. The lowest BCUT2D eigenvalue weighted by molar-refractivity contribution is -0.140. The van der Waals surface area contributed by atoms with Crippen LogP contribution < -0.4 is 16.4 Å². The van der Waals surface area contributed by atoms with Crippen molar-refractivity contribution in [2.75, 3.05) is 44.4 Å². The number of aromatic nitrogens is 1. The first kappa shape index (κ1) is 25.8. The number of pyridine rings is 1. The zero-order chi connectivity index (χ0) is 23.7. The van der Waals surface area contributed by atoms with Crippen LogP contribution in [0.25, 0.3) is 0 Å². The Morgan fingerprint density at radius 2 is 1.76 bits per heavy atom. The van der Waals surface area contributed by atoms with Gasteiger partial charge in [-0.2, -0.15) is 0 Å². The van der Waals surface area contributed by atoms with E-state index in [2.05, 4.69) is 15.6 Å². The molecule has 1 unspecified atom stereocenters. The minimum absolute atomic E-state index is 0.172. The van der Waals surface area contributed by atoms with Gasteiger partial charge in [-0.1, -0.05) is 60.7 Å². The second-order valence-electron chi connectivity index (χ2n) is 7.46. The van der Waals surface area contributed by atoms with Gasteiger partial charge in [0.25, 0.3) is 0 Å². The number of methoxy groups -OCH3 is 1. The van der Waals surface area contributed by atoms with E-state index in [1.807, 2.05) is 72.8 Å². The van der Waals surface area contributed by atoms with Gasteiger partial charge >= 0.3 is 5.97 Å². The molecular formula is C26H34N4O3. The number of nitrogens with one attached hydrogen (secondary N) is 2. The maximum absolute atomic E-state index is 11.4. The molecule has 0 spiro atoms. The highest BCUT2D eigenvalue weighted by molar-refractivity contribution is 5.76. The number of benzene rings is 2. The monoisotopic (exact) mass is 450 g/mol. The van der Waals surface area contributed by atoms with Gasteiger partial charge in [-0.15, -0.1) is 0 Å². The highest BCUT2D eigenvalue weighted by Gasteiger charge is 2.19. The van der Waals surface area contributed by atoms with Crippen molar-refractivity contribution in [1.29, 1.82) is 0 Å². The van der Waals surface area contributed by atoms with Gasteiger partial charge in [0, 0.05) is 19.9 Å². The number of hydrogen-bond donors (Lipinski definition) is 4. The maximum atomic E-state index is 11.4. The van der Waals surface area contributed by atoms with E-state index >= 15 is 0 Å². The fourth-order valence-electron chi connectivity index (χ4n) is 3.19. The molecule has 0 aliphatic heterocycles. The van der Waals surface area contributed by atoms with Gasteiger partial charge < -0.3 is 26.2 Å². The van der Waals surface area contributed by atoms with E-state index in [0.717, 1.165) is 49.3 Å². The van der Waals surface area contributed by atoms with Gasteiger partial charge in [0.05, 0.1) is 12.3 Å². The van der Waals surface area contributed by atoms with E-state index in [9.17, 15) is 9.90 Å². The first-order valence-electron chi connectivity index (χ1n) is 11.1. The number of carboxylic acid groups (broad SMARTS) is 1. The topological polar surface area (TPSA) is 110 Å². The second kappa shape index (κ2) is 15.4. The molecular weight excluding hydrogens is 416 g/mol. The summed E-state index contributed by atoms with van der Waals surface area (Å²) in [4.78, 5) is 15.4. The number of aliphatic carboxylic acids is 1. The van der Waals surface area contributed by atoms with E-state index in [1.54, 1.807) is 6.20 Å². The first-order valence-corrected chi connectivity index (χ1v) is 11.1. The van der Waals surface area contributed by atoms with Crippen LogP contribution in [0.1, 0.15) is 23.5 Å². The minimum atomic E-state index is -0.867. The molecule has 1 aromatic heterocycles. The number of nitrogen functional groups attached to an aromatic ring is 1. The Kier molecular flexibility index (Phi) is 12.1. The normalized spacial score (nSPS) is 11.2. The summed E-state index contributed by atoms with van der Waals surface area (Å²) >= 11 is 0. The molecule has 0 aliphatic carbocycles. The van der Waals surface area contributed by atoms with E-state index in [-0.39, 0.29) is 6.61 Å². The van der Waals surface area contributed by atoms with E-state index in [0.29, 0.717) is 5.82 Å². The van der Waals surface area contributed by atoms with Crippen LogP contribution in [0.4, 0.5) is 11.5 Å². The van der Waals surface area contributed by atoms with Gasteiger partial charge in [0.15, 0.2) is 0 Å². The number of carbonyl (C=O) groups is 1. The van der Waals surface area contributed by atoms with Crippen LogP contribution in [0.15, 0.2) is 79.0 Å². The van der Waals surface area contributed by atoms with Crippen molar-refractivity contribution in [3.63, 3.8) is 0 Å². The summed E-state index contributed by atoms with van der Waals surface area (Å²) in [6.07, 6.45) is 3.48. The highest BCUT2D eigenvalue weighted by Crippen LogP contribution is 2.18. The summed E-state index contributed by atoms with van der Waals surface area (Å²) in [5.41, 5.74) is 8.54. The molecule has 3 rings (SSSR count). The quantitative estimate of drug-likeness (QED) is 0.311. The SMILES string of the molecule is COCC(C(=O)O)c1cccc(CCNCCCNc2cccnc2N)c1.c1ccccc1. The third-order valence-corrected chi connectivity index (χ3v) is 4.93. The lowest BCUT2D eigenvalue weighted by Crippen LogP contribution is -2.21. The third-order valence-electron chi connectivity index (χ3n) is 4.93. The number of anilines is 2. The zero-order valence-corrected chi connectivity index (χ0v) is 19.1. The fraction of sp³-hybridized carbons (Fsp3) is 0.308. The van der Waals surface area contributed by atoms with Crippen molar-refractivity contribution in [1.82, 2.24) is 10.3 Å². The number of nitrogens with two attached hydrogens (primary N) is 1. The van der Waals surface area contributed by atoms with Gasteiger partial charge in [-0.3, -0.25) is 4.79 Å². The zero-order valence-electron chi connectivity index (χ0n) is 19.1. The molecule has 5 N–H and O–H groups in total. The average Bonchev–Trinajstić information content (AvgIpc) is 2.84. The minimum Gasteiger partial charge on any atom is -0.481 e. The second-order valence-corrected chi connectivity index (χ2v) is 7.46. The highest BCUT2D eigenvalue weighted by atomic mass is 16.5. The smallest absolute Gasteiger partial charge is 0.313 e. The summed E-state index contributed by atoms with van der Waals surface area (Å²) in [6.45, 7) is 2.70.